The van der Waals surface area contributed by atoms with E-state index < -0.39 is 0 Å². The Kier molecular flexibility index (Phi) is 4.83. The van der Waals surface area contributed by atoms with Crippen molar-refractivity contribution < 1.29 is 9.47 Å². The first-order chi connectivity index (χ1) is 8.30. The number of hydrogen-bond donors (Lipinski definition) is 0. The third kappa shape index (κ3) is 3.01. The van der Waals surface area contributed by atoms with Crippen LogP contribution in [0.3, 0.4) is 0 Å². The molecule has 2 aliphatic heterocycles. The smallest absolute Gasteiger partial charge is 0.230 e. The highest BCUT2D eigenvalue weighted by atomic mass is 16.7. The number of rotatable bonds is 7. The summed E-state index contributed by atoms with van der Waals surface area (Å²) >= 11 is 0. The molecular formula is C14H27NO2. The Hall–Kier alpha value is -0.120. The minimum atomic E-state index is -0.340. The maximum atomic E-state index is 6.23. The van der Waals surface area contributed by atoms with Gasteiger partial charge in [-0.05, 0) is 12.8 Å². The van der Waals surface area contributed by atoms with Crippen LogP contribution in [0.15, 0.2) is 0 Å². The van der Waals surface area contributed by atoms with E-state index in [0.717, 1.165) is 26.1 Å². The molecule has 3 heteroatoms. The predicted molar refractivity (Wildman–Crippen MR) is 68.8 cm³/mol. The van der Waals surface area contributed by atoms with E-state index in [9.17, 15) is 0 Å². The van der Waals surface area contributed by atoms with Crippen molar-refractivity contribution in [3.8, 4) is 0 Å². The highest BCUT2D eigenvalue weighted by Gasteiger charge is 2.50. The second-order valence-electron chi connectivity index (χ2n) is 5.35. The monoisotopic (exact) mass is 241 g/mol. The maximum Gasteiger partial charge on any atom is 0.230 e. The summed E-state index contributed by atoms with van der Waals surface area (Å²) < 4.78 is 12.1. The molecule has 0 spiro atoms. The summed E-state index contributed by atoms with van der Waals surface area (Å²) in [6, 6.07) is 0. The maximum absolute atomic E-state index is 6.23. The molecule has 17 heavy (non-hydrogen) atoms. The second-order valence-corrected chi connectivity index (χ2v) is 5.35. The molecule has 3 nitrogen and oxygen atoms in total. The van der Waals surface area contributed by atoms with Crippen LogP contribution in [0.2, 0.25) is 0 Å². The molecule has 0 saturated carbocycles. The molecule has 0 aromatic heterocycles. The molecule has 0 aromatic rings. The topological polar surface area (TPSA) is 21.7 Å². The van der Waals surface area contributed by atoms with E-state index in [0.29, 0.717) is 6.10 Å². The lowest BCUT2D eigenvalue weighted by atomic mass is 10.1. The summed E-state index contributed by atoms with van der Waals surface area (Å²) in [5.74, 6) is -0.340. The van der Waals surface area contributed by atoms with Crippen molar-refractivity contribution in [2.24, 2.45) is 0 Å². The first-order valence-corrected chi connectivity index (χ1v) is 7.37. The molecule has 0 aromatic carbocycles. The summed E-state index contributed by atoms with van der Waals surface area (Å²) in [4.78, 5) is 2.42. The number of fused-ring (bicyclic) bond motifs is 1. The Morgan fingerprint density at radius 3 is 2.76 bits per heavy atom. The first-order valence-electron chi connectivity index (χ1n) is 7.37. The van der Waals surface area contributed by atoms with E-state index in [1.54, 1.807) is 0 Å². The summed E-state index contributed by atoms with van der Waals surface area (Å²) in [6.45, 7) is 7.44. The lowest BCUT2D eigenvalue weighted by Gasteiger charge is -2.29. The van der Waals surface area contributed by atoms with Crippen LogP contribution in [0.4, 0.5) is 0 Å². The Bertz CT molecular complexity index is 234. The zero-order valence-corrected chi connectivity index (χ0v) is 11.4. The Labute approximate surface area is 105 Å². The van der Waals surface area contributed by atoms with Crippen LogP contribution < -0.4 is 0 Å². The average molecular weight is 241 g/mol. The summed E-state index contributed by atoms with van der Waals surface area (Å²) in [5.41, 5.74) is 0. The van der Waals surface area contributed by atoms with Gasteiger partial charge in [0.2, 0.25) is 5.91 Å². The third-order valence-corrected chi connectivity index (χ3v) is 3.92. The Balaban J connectivity index is 1.83. The Morgan fingerprint density at radius 1 is 1.18 bits per heavy atom. The van der Waals surface area contributed by atoms with Gasteiger partial charge < -0.3 is 9.47 Å². The van der Waals surface area contributed by atoms with E-state index in [4.69, 9.17) is 9.47 Å². The highest BCUT2D eigenvalue weighted by molar-refractivity contribution is 4.88. The van der Waals surface area contributed by atoms with Gasteiger partial charge in [-0.3, -0.25) is 0 Å². The van der Waals surface area contributed by atoms with Crippen molar-refractivity contribution in [3.63, 3.8) is 0 Å². The molecule has 2 rings (SSSR count). The molecule has 2 unspecified atom stereocenters. The van der Waals surface area contributed by atoms with Gasteiger partial charge in [-0.1, -0.05) is 39.5 Å². The number of ether oxygens (including phenoxy) is 2. The average Bonchev–Trinajstić information content (AvgIpc) is 2.83. The zero-order chi connectivity index (χ0) is 12.1. The zero-order valence-electron chi connectivity index (χ0n) is 11.4. The van der Waals surface area contributed by atoms with Gasteiger partial charge in [-0.25, -0.2) is 4.90 Å². The van der Waals surface area contributed by atoms with E-state index in [1.165, 1.54) is 38.5 Å². The molecule has 0 bridgehead atoms. The molecule has 0 aliphatic carbocycles. The van der Waals surface area contributed by atoms with Crippen LogP contribution in [-0.2, 0) is 9.47 Å². The lowest BCUT2D eigenvalue weighted by molar-refractivity contribution is -0.249. The summed E-state index contributed by atoms with van der Waals surface area (Å²) in [5, 5.41) is 0. The van der Waals surface area contributed by atoms with Crippen LogP contribution in [0, 0.1) is 0 Å². The van der Waals surface area contributed by atoms with Crippen molar-refractivity contribution in [2.75, 3.05) is 19.7 Å². The SMILES string of the molecule is CCCCCC1CN2CCOC2(CCCC)O1. The molecule has 0 radical (unpaired) electrons. The van der Waals surface area contributed by atoms with Crippen LogP contribution in [0.5, 0.6) is 0 Å². The van der Waals surface area contributed by atoms with E-state index in [1.807, 2.05) is 0 Å². The van der Waals surface area contributed by atoms with Gasteiger partial charge in [0.1, 0.15) is 0 Å². The molecule has 100 valence electrons. The van der Waals surface area contributed by atoms with Crippen molar-refractivity contribution in [1.29, 1.82) is 0 Å². The van der Waals surface area contributed by atoms with Crippen LogP contribution in [-0.4, -0.2) is 36.6 Å². The molecule has 2 atom stereocenters. The lowest BCUT2D eigenvalue weighted by Crippen LogP contribution is -2.40. The van der Waals surface area contributed by atoms with Gasteiger partial charge in [0, 0.05) is 19.5 Å². The van der Waals surface area contributed by atoms with E-state index in [2.05, 4.69) is 18.7 Å². The van der Waals surface area contributed by atoms with E-state index in [-0.39, 0.29) is 5.91 Å². The standard InChI is InChI=1S/C14H27NO2/c1-3-5-7-8-13-12-15-10-11-16-14(15,17-13)9-6-4-2/h13H,3-12H2,1-2H3. The molecule has 2 saturated heterocycles. The van der Waals surface area contributed by atoms with Gasteiger partial charge in [-0.15, -0.1) is 0 Å². The third-order valence-electron chi connectivity index (χ3n) is 3.92. The van der Waals surface area contributed by atoms with Gasteiger partial charge in [0.25, 0.3) is 0 Å². The molecule has 2 heterocycles. The fraction of sp³-hybridized carbons (Fsp3) is 1.00. The van der Waals surface area contributed by atoms with Crippen LogP contribution >= 0.6 is 0 Å². The van der Waals surface area contributed by atoms with Crippen LogP contribution in [0.25, 0.3) is 0 Å². The van der Waals surface area contributed by atoms with Crippen molar-refractivity contribution in [3.05, 3.63) is 0 Å². The molecular weight excluding hydrogens is 214 g/mol. The van der Waals surface area contributed by atoms with Crippen molar-refractivity contribution in [1.82, 2.24) is 4.90 Å². The van der Waals surface area contributed by atoms with Gasteiger partial charge in [-0.2, -0.15) is 0 Å². The highest BCUT2D eigenvalue weighted by Crippen LogP contribution is 2.38. The van der Waals surface area contributed by atoms with Gasteiger partial charge in [0.15, 0.2) is 0 Å². The minimum absolute atomic E-state index is 0.340. The van der Waals surface area contributed by atoms with Gasteiger partial charge >= 0.3 is 0 Å². The first kappa shape index (κ1) is 13.3. The van der Waals surface area contributed by atoms with Crippen LogP contribution in [0.1, 0.15) is 58.8 Å². The largest absolute Gasteiger partial charge is 0.336 e. The number of nitrogens with zero attached hydrogens (tertiary/aromatic N) is 1. The normalized spacial score (nSPS) is 33.2. The molecule has 0 N–H and O–H groups in total. The summed E-state index contributed by atoms with van der Waals surface area (Å²) in [6.07, 6.45) is 8.94. The Morgan fingerprint density at radius 2 is 2.00 bits per heavy atom. The van der Waals surface area contributed by atoms with E-state index >= 15 is 0 Å². The van der Waals surface area contributed by atoms with Gasteiger partial charge in [0.05, 0.1) is 12.7 Å². The van der Waals surface area contributed by atoms with Crippen molar-refractivity contribution >= 4 is 0 Å². The molecule has 2 fully saturated rings. The number of hydrogen-bond acceptors (Lipinski definition) is 3. The predicted octanol–water partition coefficient (Wildman–Crippen LogP) is 3.14. The fourth-order valence-electron chi connectivity index (χ4n) is 2.92. The quantitative estimate of drug-likeness (QED) is 0.639. The number of unbranched alkanes of at least 4 members (excludes halogenated alkanes) is 3. The molecule has 2 aliphatic rings. The minimum Gasteiger partial charge on any atom is -0.336 e. The second kappa shape index (κ2) is 6.17. The summed E-state index contributed by atoms with van der Waals surface area (Å²) in [7, 11) is 0. The fourth-order valence-corrected chi connectivity index (χ4v) is 2.92. The molecule has 0 amide bonds. The van der Waals surface area contributed by atoms with Crippen molar-refractivity contribution in [2.45, 2.75) is 70.8 Å².